The van der Waals surface area contributed by atoms with Crippen LogP contribution in [0.15, 0.2) is 160 Å². The number of esters is 3. The zero-order chi connectivity index (χ0) is 56.0. The van der Waals surface area contributed by atoms with E-state index in [-0.39, 0.29) is 40.0 Å². The maximum Gasteiger partial charge on any atom is 0.356 e. The summed E-state index contributed by atoms with van der Waals surface area (Å²) in [4.78, 5) is 81.0. The molecule has 72 heavy (non-hydrogen) atoms. The number of ether oxygens (including phenoxy) is 3. The van der Waals surface area contributed by atoms with Gasteiger partial charge in [0.2, 0.25) is 0 Å². The first-order chi connectivity index (χ1) is 34.0. The van der Waals surface area contributed by atoms with Gasteiger partial charge in [0, 0.05) is 52.4 Å². The number of likely N-dealkylation sites (N-methyl/N-ethyl adjacent to an activating group) is 1. The summed E-state index contributed by atoms with van der Waals surface area (Å²) in [5, 5.41) is 32.5. The zero-order valence-electron chi connectivity index (χ0n) is 43.4. The highest BCUT2D eigenvalue weighted by Gasteiger charge is 2.20. The molecule has 1 aromatic carbocycles. The van der Waals surface area contributed by atoms with Crippen LogP contribution in [0.2, 0.25) is 0 Å². The summed E-state index contributed by atoms with van der Waals surface area (Å²) in [6, 6.07) is 8.86. The van der Waals surface area contributed by atoms with E-state index in [9.17, 15) is 28.8 Å². The summed E-state index contributed by atoms with van der Waals surface area (Å²) in [5.74, 6) is -3.96. The van der Waals surface area contributed by atoms with Crippen LogP contribution in [0.1, 0.15) is 73.1 Å². The number of aliphatic imine (C=N–C) groups is 4. The van der Waals surface area contributed by atoms with Crippen molar-refractivity contribution in [1.82, 2.24) is 20.9 Å². The Morgan fingerprint density at radius 3 is 1.85 bits per heavy atom. The Hall–Kier alpha value is -8.42. The first-order valence-corrected chi connectivity index (χ1v) is 22.3. The third-order valence-corrected chi connectivity index (χ3v) is 8.15. The zero-order valence-corrected chi connectivity index (χ0v) is 43.4. The molecule has 1 saturated carbocycles. The van der Waals surface area contributed by atoms with E-state index >= 15 is 0 Å². The van der Waals surface area contributed by atoms with Crippen LogP contribution in [0.5, 0.6) is 5.75 Å². The van der Waals surface area contributed by atoms with Gasteiger partial charge in [-0.3, -0.25) is 15.0 Å². The van der Waals surface area contributed by atoms with Gasteiger partial charge in [-0.25, -0.2) is 33.8 Å². The predicted molar refractivity (Wildman–Crippen MR) is 287 cm³/mol. The number of allylic oxidation sites excluding steroid dienone is 1. The molecule has 0 bridgehead atoms. The normalized spacial score (nSPS) is 11.6. The average Bonchev–Trinajstić information content (AvgIpc) is 3.88. The van der Waals surface area contributed by atoms with Crippen molar-refractivity contribution in [3.05, 3.63) is 140 Å². The number of para-hydroxylation sites is 1. The van der Waals surface area contributed by atoms with E-state index in [0.29, 0.717) is 18.1 Å². The van der Waals surface area contributed by atoms with Gasteiger partial charge in [0.05, 0.1) is 30.4 Å². The number of carbonyl (C=O) groups excluding carboxylic acids is 3. The summed E-state index contributed by atoms with van der Waals surface area (Å²) in [6.45, 7) is 34.7. The van der Waals surface area contributed by atoms with E-state index in [4.69, 9.17) is 29.5 Å². The molecule has 0 radical (unpaired) electrons. The number of hydrogen-bond donors (Lipinski definition) is 6. The number of nitrogens with zero attached hydrogens (tertiary/aromatic N) is 5. The Kier molecular flexibility index (Phi) is 43.9. The Bertz CT molecular complexity index is 2100. The van der Waals surface area contributed by atoms with Crippen LogP contribution < -0.4 is 20.7 Å². The minimum Gasteiger partial charge on any atom is -0.478 e. The van der Waals surface area contributed by atoms with Crippen LogP contribution in [-0.2, 0) is 38.2 Å². The average molecular weight is 1010 g/mol. The molecule has 0 heterocycles. The van der Waals surface area contributed by atoms with Gasteiger partial charge in [-0.2, -0.15) is 0 Å². The van der Waals surface area contributed by atoms with Crippen LogP contribution in [0, 0.1) is 0 Å². The first kappa shape index (κ1) is 70.1. The van der Waals surface area contributed by atoms with Crippen molar-refractivity contribution in [3.8, 4) is 5.75 Å². The minimum atomic E-state index is -1.07. The number of nitrogens with one attached hydrogen (secondary N) is 3. The van der Waals surface area contributed by atoms with Crippen molar-refractivity contribution in [1.29, 1.82) is 0 Å². The predicted octanol–water partition coefficient (Wildman–Crippen LogP) is 7.60. The minimum absolute atomic E-state index is 0.0726. The van der Waals surface area contributed by atoms with Gasteiger partial charge in [0.15, 0.2) is 0 Å². The summed E-state index contributed by atoms with van der Waals surface area (Å²) in [5.41, 5.74) is 2.08. The fourth-order valence-electron chi connectivity index (χ4n) is 3.95. The molecule has 0 unspecified atom stereocenters. The number of aliphatic carboxylic acids is 3. The topological polar surface area (TPSA) is 280 Å². The number of carbonyl (C=O) groups is 6. The van der Waals surface area contributed by atoms with Crippen molar-refractivity contribution in [2.24, 2.45) is 20.0 Å². The van der Waals surface area contributed by atoms with Crippen LogP contribution in [0.25, 0.3) is 0 Å². The molecule has 0 spiro atoms. The maximum absolute atomic E-state index is 11.7. The number of hydrogen-bond acceptors (Lipinski definition) is 15. The first-order valence-electron chi connectivity index (χ1n) is 22.3. The van der Waals surface area contributed by atoms with Crippen molar-refractivity contribution in [2.75, 3.05) is 41.3 Å². The van der Waals surface area contributed by atoms with Gasteiger partial charge in [0.25, 0.3) is 0 Å². The van der Waals surface area contributed by atoms with Crippen molar-refractivity contribution in [3.63, 3.8) is 0 Å². The van der Waals surface area contributed by atoms with E-state index in [2.05, 4.69) is 82.0 Å². The molecule has 6 N–H and O–H groups in total. The molecule has 396 valence electrons. The lowest BCUT2D eigenvalue weighted by atomic mass is 10.2. The molecule has 0 saturated heterocycles. The van der Waals surface area contributed by atoms with E-state index in [1.54, 1.807) is 63.8 Å². The molecular formula is C52H76N8O12. The van der Waals surface area contributed by atoms with Crippen LogP contribution >= 0.6 is 0 Å². The van der Waals surface area contributed by atoms with E-state index < -0.39 is 35.8 Å². The second kappa shape index (κ2) is 45.0. The van der Waals surface area contributed by atoms with Crippen molar-refractivity contribution < 1.29 is 58.3 Å². The van der Waals surface area contributed by atoms with E-state index in [0.717, 1.165) is 50.8 Å². The molecular weight excluding hydrogens is 929 g/mol. The van der Waals surface area contributed by atoms with Crippen LogP contribution in [-0.4, -0.2) is 128 Å². The number of benzene rings is 1. The Labute approximate surface area is 425 Å². The van der Waals surface area contributed by atoms with Crippen LogP contribution in [0.3, 0.4) is 0 Å². The van der Waals surface area contributed by atoms with Gasteiger partial charge in [-0.05, 0) is 95.9 Å². The quantitative estimate of drug-likeness (QED) is 0.0154. The maximum atomic E-state index is 11.7. The highest BCUT2D eigenvalue weighted by molar-refractivity contribution is 5.94. The van der Waals surface area contributed by atoms with E-state index in [1.165, 1.54) is 31.9 Å². The molecule has 1 aliphatic rings. The van der Waals surface area contributed by atoms with Gasteiger partial charge < -0.3 is 50.4 Å². The molecule has 20 heteroatoms. The standard InChI is InChI=1S/C14H15NO2.C12H20N2O2.C9H15NO2.2C6H9NO2.C5H8N2O2/c1-4-12(15-3)10-11(2)14(16)17-13-8-6-5-7-9-13;1-4-14(3)9-13-10(2)12(15)16-11-7-5-6-8-11;1-5-7(3)10-8(4)9(11)12-6-2;1-5(6(8)9)3-4-7-2;1-3-4-7-5(2)6(8)9;1-4(5(8)9)7-3-6-2/h4-10,15H,1-2H2,3H3;9,11H,2,4-8H2,1,3H3;4-6H2,1-3H3;3-4,7H,1H2,2H3,(H,8,9);4H,2-3H2,1H3,(H,8,9);3H,1H2,2H3,(H,6,7)(H,8,9)/b12-10-;;;4-3-;;. The molecule has 1 fully saturated rings. The molecule has 1 aromatic rings. The van der Waals surface area contributed by atoms with Gasteiger partial charge in [0.1, 0.15) is 34.6 Å². The van der Waals surface area contributed by atoms with Gasteiger partial charge in [-0.1, -0.05) is 78.1 Å². The Morgan fingerprint density at radius 1 is 0.806 bits per heavy atom. The summed E-state index contributed by atoms with van der Waals surface area (Å²) in [7, 11) is 6.84. The third-order valence-electron chi connectivity index (χ3n) is 8.15. The van der Waals surface area contributed by atoms with Crippen LogP contribution in [0.4, 0.5) is 0 Å². The second-order valence-corrected chi connectivity index (χ2v) is 14.0. The second-order valence-electron chi connectivity index (χ2n) is 14.0. The molecule has 0 aromatic heterocycles. The molecule has 1 aliphatic carbocycles. The number of carboxylic acids is 3. The fourth-order valence-corrected chi connectivity index (χ4v) is 3.95. The SMILES string of the molecule is C=C(/C=C\NC)C(=O)O.C=C(N=C(C)CC)C(=O)OCC.C=C(N=CCC)C(=O)O.C=C(N=CN(C)CC)C(=O)OC1CCCC1.C=C(NC=NC)C(=O)O.C=C/C(=C/C(=C)C(=O)Oc1ccccc1)NC. The molecule has 2 rings (SSSR count). The largest absolute Gasteiger partial charge is 0.478 e. The van der Waals surface area contributed by atoms with Crippen molar-refractivity contribution >= 4 is 60.4 Å². The number of rotatable bonds is 23. The Morgan fingerprint density at radius 2 is 1.40 bits per heavy atom. The summed E-state index contributed by atoms with van der Waals surface area (Å²) in [6.07, 6.45) is 16.3. The monoisotopic (exact) mass is 1000 g/mol. The van der Waals surface area contributed by atoms with Crippen molar-refractivity contribution in [2.45, 2.75) is 79.2 Å². The fraction of sp³-hybridized carbons (Fsp3) is 0.346. The number of carboxylic acid groups (broad SMARTS) is 3. The summed E-state index contributed by atoms with van der Waals surface area (Å²) >= 11 is 0. The highest BCUT2D eigenvalue weighted by Crippen LogP contribution is 2.21. The smallest absolute Gasteiger partial charge is 0.356 e. The lowest BCUT2D eigenvalue weighted by molar-refractivity contribution is -0.144. The molecule has 0 atom stereocenters. The molecule has 0 aliphatic heterocycles. The van der Waals surface area contributed by atoms with Gasteiger partial charge in [-0.15, -0.1) is 0 Å². The lowest BCUT2D eigenvalue weighted by Crippen LogP contribution is -2.18. The third kappa shape index (κ3) is 40.6. The lowest BCUT2D eigenvalue weighted by Gasteiger charge is -2.11. The molecule has 0 amide bonds. The Balaban J connectivity index is -0.000000394. The van der Waals surface area contributed by atoms with Gasteiger partial charge >= 0.3 is 35.8 Å². The van der Waals surface area contributed by atoms with E-state index in [1.807, 2.05) is 45.7 Å². The highest BCUT2D eigenvalue weighted by atomic mass is 16.5. The molecule has 20 nitrogen and oxygen atoms in total. The summed E-state index contributed by atoms with van der Waals surface area (Å²) < 4.78 is 15.1.